The van der Waals surface area contributed by atoms with E-state index in [1.165, 1.54) is 13.8 Å². The number of unbranched alkanes of at least 4 members (excludes halogenated alkanes) is 1. The molecule has 0 aromatic heterocycles. The summed E-state index contributed by atoms with van der Waals surface area (Å²) in [6.45, 7) is 2.81. The lowest BCUT2D eigenvalue weighted by Gasteiger charge is -2.23. The first-order chi connectivity index (χ1) is 11.7. The van der Waals surface area contributed by atoms with Crippen molar-refractivity contribution in [1.29, 1.82) is 0 Å². The number of rotatable bonds is 12. The van der Waals surface area contributed by atoms with Crippen molar-refractivity contribution < 1.29 is 24.3 Å². The third-order valence-electron chi connectivity index (χ3n) is 3.46. The van der Waals surface area contributed by atoms with Crippen molar-refractivity contribution in [1.82, 2.24) is 21.3 Å². The van der Waals surface area contributed by atoms with E-state index >= 15 is 0 Å². The van der Waals surface area contributed by atoms with Gasteiger partial charge in [0.05, 0.1) is 6.61 Å². The third-order valence-corrected chi connectivity index (χ3v) is 3.46. The van der Waals surface area contributed by atoms with E-state index in [0.717, 1.165) is 13.0 Å². The van der Waals surface area contributed by atoms with Crippen LogP contribution in [0.5, 0.6) is 0 Å². The highest BCUT2D eigenvalue weighted by Crippen LogP contribution is 2.03. The Balaban J connectivity index is 4.91. The summed E-state index contributed by atoms with van der Waals surface area (Å²) in [4.78, 5) is 46.6. The molecule has 0 aliphatic heterocycles. The fourth-order valence-corrected chi connectivity index (χ4v) is 2.02. The second kappa shape index (κ2) is 12.2. The molecule has 0 aromatic carbocycles. The first-order valence-corrected chi connectivity index (χ1v) is 8.15. The molecule has 10 nitrogen and oxygen atoms in total. The number of aliphatic hydroxyl groups excluding tert-OH is 1. The van der Waals surface area contributed by atoms with Gasteiger partial charge >= 0.3 is 0 Å². The summed E-state index contributed by atoms with van der Waals surface area (Å²) >= 11 is 0. The maximum absolute atomic E-state index is 12.3. The molecule has 0 unspecified atom stereocenters. The van der Waals surface area contributed by atoms with E-state index in [2.05, 4.69) is 21.3 Å². The lowest BCUT2D eigenvalue weighted by molar-refractivity contribution is -0.133. The standard InChI is InChI=1S/C15H29N5O5/c1-9(13(16)23)18-14(24)11(6-4-5-7-17-3)20-15(25)12(8-21)19-10(2)22/h9,11-12,17,21H,4-8H2,1-3H3,(H2,16,23)(H,18,24)(H,19,22)(H,20,25)/t9-,11-,12+/m0/s1. The van der Waals surface area contributed by atoms with Crippen LogP contribution in [0.4, 0.5) is 0 Å². The summed E-state index contributed by atoms with van der Waals surface area (Å²) in [6.07, 6.45) is 1.77. The van der Waals surface area contributed by atoms with Crippen molar-refractivity contribution in [3.05, 3.63) is 0 Å². The van der Waals surface area contributed by atoms with Gasteiger partial charge in [-0.2, -0.15) is 0 Å². The summed E-state index contributed by atoms with van der Waals surface area (Å²) < 4.78 is 0. The number of amides is 4. The van der Waals surface area contributed by atoms with E-state index < -0.39 is 48.4 Å². The van der Waals surface area contributed by atoms with Crippen molar-refractivity contribution in [2.45, 2.75) is 51.2 Å². The molecule has 144 valence electrons. The third kappa shape index (κ3) is 9.62. The number of nitrogens with one attached hydrogen (secondary N) is 4. The molecule has 0 aliphatic rings. The van der Waals surface area contributed by atoms with Gasteiger partial charge in [0.1, 0.15) is 18.1 Å². The molecule has 0 radical (unpaired) electrons. The SMILES string of the molecule is CNCCCC[C@H](NC(=O)[C@@H](CO)NC(C)=O)C(=O)N[C@@H](C)C(N)=O. The molecular weight excluding hydrogens is 330 g/mol. The van der Waals surface area contributed by atoms with E-state index in [-0.39, 0.29) is 0 Å². The Bertz CT molecular complexity index is 471. The molecule has 7 N–H and O–H groups in total. The normalized spacial score (nSPS) is 14.1. The Hall–Kier alpha value is -2.20. The minimum Gasteiger partial charge on any atom is -0.394 e. The van der Waals surface area contributed by atoms with Crippen LogP contribution >= 0.6 is 0 Å². The Morgan fingerprint density at radius 2 is 1.60 bits per heavy atom. The van der Waals surface area contributed by atoms with Crippen LogP contribution < -0.4 is 27.0 Å². The Kier molecular flexibility index (Phi) is 11.1. The van der Waals surface area contributed by atoms with Gasteiger partial charge in [-0.3, -0.25) is 19.2 Å². The minimum atomic E-state index is -1.15. The summed E-state index contributed by atoms with van der Waals surface area (Å²) in [5.41, 5.74) is 5.12. The number of carbonyl (C=O) groups is 4. The highest BCUT2D eigenvalue weighted by molar-refractivity contribution is 5.93. The summed E-state index contributed by atoms with van der Waals surface area (Å²) in [5, 5.41) is 19.4. The highest BCUT2D eigenvalue weighted by Gasteiger charge is 2.26. The predicted octanol–water partition coefficient (Wildman–Crippen LogP) is -2.65. The van der Waals surface area contributed by atoms with E-state index in [0.29, 0.717) is 12.8 Å². The van der Waals surface area contributed by atoms with Crippen LogP contribution in [0, 0.1) is 0 Å². The number of carbonyl (C=O) groups excluding carboxylic acids is 4. The zero-order valence-corrected chi connectivity index (χ0v) is 14.9. The van der Waals surface area contributed by atoms with E-state index in [1.54, 1.807) is 7.05 Å². The lowest BCUT2D eigenvalue weighted by Crippen LogP contribution is -2.56. The first-order valence-electron chi connectivity index (χ1n) is 8.15. The fourth-order valence-electron chi connectivity index (χ4n) is 2.02. The molecule has 0 spiro atoms. The van der Waals surface area contributed by atoms with Gasteiger partial charge in [0, 0.05) is 6.92 Å². The Labute approximate surface area is 147 Å². The van der Waals surface area contributed by atoms with Crippen LogP contribution in [0.1, 0.15) is 33.1 Å². The molecule has 0 fully saturated rings. The van der Waals surface area contributed by atoms with E-state index in [4.69, 9.17) is 5.73 Å². The zero-order valence-electron chi connectivity index (χ0n) is 14.9. The second-order valence-corrected chi connectivity index (χ2v) is 5.73. The van der Waals surface area contributed by atoms with Crippen LogP contribution in [0.25, 0.3) is 0 Å². The van der Waals surface area contributed by atoms with Gasteiger partial charge in [-0.05, 0) is 39.8 Å². The summed E-state index contributed by atoms with van der Waals surface area (Å²) in [7, 11) is 1.81. The van der Waals surface area contributed by atoms with Crippen LogP contribution in [0.2, 0.25) is 0 Å². The zero-order chi connectivity index (χ0) is 19.4. The predicted molar refractivity (Wildman–Crippen MR) is 91.2 cm³/mol. The smallest absolute Gasteiger partial charge is 0.245 e. The Morgan fingerprint density at radius 3 is 2.08 bits per heavy atom. The Morgan fingerprint density at radius 1 is 1.00 bits per heavy atom. The summed E-state index contributed by atoms with van der Waals surface area (Å²) in [5.74, 6) is -2.41. The molecular formula is C15H29N5O5. The van der Waals surface area contributed by atoms with Gasteiger partial charge in [-0.25, -0.2) is 0 Å². The molecule has 10 heteroatoms. The fraction of sp³-hybridized carbons (Fsp3) is 0.733. The van der Waals surface area contributed by atoms with Crippen molar-refractivity contribution in [2.75, 3.05) is 20.2 Å². The van der Waals surface area contributed by atoms with E-state index in [9.17, 15) is 24.3 Å². The molecule has 0 rings (SSSR count). The van der Waals surface area contributed by atoms with Crippen LogP contribution in [0.15, 0.2) is 0 Å². The molecule has 0 aromatic rings. The van der Waals surface area contributed by atoms with Gasteiger partial charge < -0.3 is 32.1 Å². The minimum absolute atomic E-state index is 0.336. The molecule has 0 heterocycles. The maximum Gasteiger partial charge on any atom is 0.245 e. The second-order valence-electron chi connectivity index (χ2n) is 5.73. The molecule has 0 saturated heterocycles. The quantitative estimate of drug-likeness (QED) is 0.208. The molecule has 0 saturated carbocycles. The van der Waals surface area contributed by atoms with Gasteiger partial charge in [0.15, 0.2) is 0 Å². The monoisotopic (exact) mass is 359 g/mol. The number of aliphatic hydroxyl groups is 1. The number of primary amides is 1. The molecule has 0 bridgehead atoms. The van der Waals surface area contributed by atoms with Gasteiger partial charge in [-0.1, -0.05) is 0 Å². The topological polar surface area (TPSA) is 163 Å². The van der Waals surface area contributed by atoms with Crippen LogP contribution in [-0.2, 0) is 19.2 Å². The van der Waals surface area contributed by atoms with Crippen molar-refractivity contribution >= 4 is 23.6 Å². The van der Waals surface area contributed by atoms with E-state index in [1.807, 2.05) is 0 Å². The molecule has 0 aliphatic carbocycles. The number of hydrogen-bond acceptors (Lipinski definition) is 6. The van der Waals surface area contributed by atoms with Gasteiger partial charge in [-0.15, -0.1) is 0 Å². The van der Waals surface area contributed by atoms with Crippen LogP contribution in [-0.4, -0.2) is 67.1 Å². The van der Waals surface area contributed by atoms with Crippen molar-refractivity contribution in [3.63, 3.8) is 0 Å². The molecule has 3 atom stereocenters. The van der Waals surface area contributed by atoms with Gasteiger partial charge in [0.2, 0.25) is 23.6 Å². The molecule has 25 heavy (non-hydrogen) atoms. The average Bonchev–Trinajstić information content (AvgIpc) is 2.54. The van der Waals surface area contributed by atoms with Crippen molar-refractivity contribution in [2.24, 2.45) is 5.73 Å². The first kappa shape index (κ1) is 22.8. The number of nitrogens with two attached hydrogens (primary N) is 1. The largest absolute Gasteiger partial charge is 0.394 e. The maximum atomic E-state index is 12.3. The number of hydrogen-bond donors (Lipinski definition) is 6. The lowest BCUT2D eigenvalue weighted by atomic mass is 10.1. The van der Waals surface area contributed by atoms with Crippen LogP contribution in [0.3, 0.4) is 0 Å². The summed E-state index contributed by atoms with van der Waals surface area (Å²) in [6, 6.07) is -2.94. The van der Waals surface area contributed by atoms with Crippen molar-refractivity contribution in [3.8, 4) is 0 Å². The highest BCUT2D eigenvalue weighted by atomic mass is 16.3. The average molecular weight is 359 g/mol. The molecule has 4 amide bonds. The van der Waals surface area contributed by atoms with Gasteiger partial charge in [0.25, 0.3) is 0 Å².